The Balaban J connectivity index is 0.00000385. The number of amides is 2. The standard InChI is InChI=1S/C24H27N4O4.Y/c1-15-8-9-16(2)19(11-15)20(13-23(30)31)28-22(29)14-26-24(32)17-5-3-6-18(12-17)27-21-7-4-10-25-21;/h3,5-6,8,11-12,20H,4,7,10,13-14H2,1-2H3,(H,25,27)(H,26,32)(H,28,29)(H,30,31);/q-1;/t20-;/m0./s1. The number of anilines is 1. The minimum Gasteiger partial charge on any atom is -0.481 e. The average molecular weight is 524 g/mol. The van der Waals surface area contributed by atoms with Crippen LogP contribution in [0.5, 0.6) is 0 Å². The van der Waals surface area contributed by atoms with Gasteiger partial charge in [0.25, 0.3) is 5.91 Å². The normalized spacial score (nSPS) is 13.3. The zero-order valence-corrected chi connectivity index (χ0v) is 21.6. The van der Waals surface area contributed by atoms with Crippen molar-refractivity contribution in [1.29, 1.82) is 0 Å². The number of carboxylic acid groups (broad SMARTS) is 1. The van der Waals surface area contributed by atoms with Gasteiger partial charge in [-0.05, 0) is 24.6 Å². The summed E-state index contributed by atoms with van der Waals surface area (Å²) in [4.78, 5) is 40.7. The van der Waals surface area contributed by atoms with Crippen molar-refractivity contribution in [2.24, 2.45) is 4.99 Å². The Hall–Kier alpha value is -2.58. The third-order valence-corrected chi connectivity index (χ3v) is 5.12. The number of aryl methyl sites for hydroxylation is 2. The van der Waals surface area contributed by atoms with Crippen molar-refractivity contribution in [1.82, 2.24) is 10.6 Å². The average Bonchev–Trinajstić information content (AvgIpc) is 3.26. The molecule has 2 aromatic carbocycles. The van der Waals surface area contributed by atoms with E-state index in [2.05, 4.69) is 27.0 Å². The fourth-order valence-corrected chi connectivity index (χ4v) is 3.53. The van der Waals surface area contributed by atoms with E-state index in [1.54, 1.807) is 24.3 Å². The number of carbonyl (C=O) groups is 3. The molecule has 0 saturated carbocycles. The number of nitrogens with zero attached hydrogens (tertiary/aromatic N) is 1. The van der Waals surface area contributed by atoms with E-state index < -0.39 is 23.8 Å². The molecule has 0 aliphatic carbocycles. The maximum absolute atomic E-state index is 12.5. The maximum atomic E-state index is 12.5. The molecule has 1 heterocycles. The molecule has 0 spiro atoms. The Morgan fingerprint density at radius 2 is 2.00 bits per heavy atom. The minimum absolute atomic E-state index is 0. The van der Waals surface area contributed by atoms with Gasteiger partial charge in [0.1, 0.15) is 5.84 Å². The van der Waals surface area contributed by atoms with Gasteiger partial charge in [0.2, 0.25) is 5.91 Å². The van der Waals surface area contributed by atoms with E-state index in [-0.39, 0.29) is 45.7 Å². The van der Waals surface area contributed by atoms with E-state index in [0.29, 0.717) is 11.1 Å². The molecule has 1 aliphatic rings. The van der Waals surface area contributed by atoms with Gasteiger partial charge in [-0.2, -0.15) is 29.3 Å². The van der Waals surface area contributed by atoms with Crippen molar-refractivity contribution in [2.75, 3.05) is 18.4 Å². The predicted octanol–water partition coefficient (Wildman–Crippen LogP) is 2.77. The van der Waals surface area contributed by atoms with Gasteiger partial charge in [0.15, 0.2) is 0 Å². The van der Waals surface area contributed by atoms with Crippen LogP contribution in [-0.4, -0.2) is 41.8 Å². The Kier molecular flexibility index (Phi) is 10.2. The van der Waals surface area contributed by atoms with Crippen molar-refractivity contribution in [3.63, 3.8) is 0 Å². The van der Waals surface area contributed by atoms with Crippen molar-refractivity contribution in [3.8, 4) is 0 Å². The largest absolute Gasteiger partial charge is 0.481 e. The molecule has 0 bridgehead atoms. The van der Waals surface area contributed by atoms with Crippen LogP contribution in [0.4, 0.5) is 5.69 Å². The SMILES string of the molecule is Cc1c[c-]c(C)c([C@H](CC(=O)O)NC(=O)CNC(=O)c2cccc(NC3=NCCC3)c2)c1.[Y]. The smallest absolute Gasteiger partial charge is 0.304 e. The summed E-state index contributed by atoms with van der Waals surface area (Å²) in [6.07, 6.45) is 1.63. The van der Waals surface area contributed by atoms with Gasteiger partial charge in [0, 0.05) is 63.0 Å². The molecule has 9 heteroatoms. The summed E-state index contributed by atoms with van der Waals surface area (Å²) in [5, 5.41) is 17.8. The van der Waals surface area contributed by atoms with Crippen LogP contribution in [0.25, 0.3) is 0 Å². The predicted molar refractivity (Wildman–Crippen MR) is 122 cm³/mol. The third-order valence-electron chi connectivity index (χ3n) is 5.12. The molecule has 0 saturated heterocycles. The monoisotopic (exact) mass is 524 g/mol. The second-order valence-electron chi connectivity index (χ2n) is 7.80. The fourth-order valence-electron chi connectivity index (χ4n) is 3.53. The molecule has 4 N–H and O–H groups in total. The number of rotatable bonds is 8. The van der Waals surface area contributed by atoms with Gasteiger partial charge >= 0.3 is 5.97 Å². The molecular formula is C24H27N4O4Y-. The molecular weight excluding hydrogens is 497 g/mol. The second-order valence-corrected chi connectivity index (χ2v) is 7.80. The van der Waals surface area contributed by atoms with Crippen molar-refractivity contribution < 1.29 is 52.2 Å². The van der Waals surface area contributed by atoms with Gasteiger partial charge < -0.3 is 21.1 Å². The van der Waals surface area contributed by atoms with Gasteiger partial charge in [-0.3, -0.25) is 19.4 Å². The number of aliphatic imine (C=N–C) groups is 1. The van der Waals surface area contributed by atoms with Crippen LogP contribution in [0.2, 0.25) is 0 Å². The van der Waals surface area contributed by atoms with Crippen molar-refractivity contribution in [2.45, 2.75) is 39.2 Å². The molecule has 171 valence electrons. The van der Waals surface area contributed by atoms with E-state index in [9.17, 15) is 19.5 Å². The van der Waals surface area contributed by atoms with Crippen LogP contribution in [-0.2, 0) is 42.3 Å². The van der Waals surface area contributed by atoms with Crippen LogP contribution >= 0.6 is 0 Å². The zero-order valence-electron chi connectivity index (χ0n) is 18.8. The Morgan fingerprint density at radius 3 is 2.70 bits per heavy atom. The number of aliphatic carboxylic acids is 1. The summed E-state index contributed by atoms with van der Waals surface area (Å²) in [7, 11) is 0. The quantitative estimate of drug-likeness (QED) is 0.396. The van der Waals surface area contributed by atoms with Gasteiger partial charge in [-0.25, -0.2) is 0 Å². The van der Waals surface area contributed by atoms with E-state index in [1.807, 2.05) is 26.0 Å². The first-order valence-corrected chi connectivity index (χ1v) is 10.5. The van der Waals surface area contributed by atoms with E-state index in [4.69, 9.17) is 0 Å². The molecule has 3 rings (SSSR count). The first kappa shape index (κ1) is 26.7. The first-order valence-electron chi connectivity index (χ1n) is 10.5. The van der Waals surface area contributed by atoms with E-state index in [1.165, 1.54) is 0 Å². The molecule has 1 radical (unpaired) electrons. The summed E-state index contributed by atoms with van der Waals surface area (Å²) < 4.78 is 0. The maximum Gasteiger partial charge on any atom is 0.304 e. The van der Waals surface area contributed by atoms with E-state index in [0.717, 1.165) is 42.0 Å². The van der Waals surface area contributed by atoms with Gasteiger partial charge in [-0.15, -0.1) is 5.56 Å². The Morgan fingerprint density at radius 1 is 1.21 bits per heavy atom. The molecule has 8 nitrogen and oxygen atoms in total. The number of carboxylic acids is 1. The molecule has 0 fully saturated rings. The molecule has 2 aromatic rings. The summed E-state index contributed by atoms with van der Waals surface area (Å²) in [5.41, 5.74) is 3.55. The first-order chi connectivity index (χ1) is 15.3. The summed E-state index contributed by atoms with van der Waals surface area (Å²) in [6, 6.07) is 13.0. The summed E-state index contributed by atoms with van der Waals surface area (Å²) >= 11 is 0. The van der Waals surface area contributed by atoms with Crippen LogP contribution < -0.4 is 16.0 Å². The number of amidine groups is 1. The van der Waals surface area contributed by atoms with Gasteiger partial charge in [-0.1, -0.05) is 19.9 Å². The van der Waals surface area contributed by atoms with Crippen LogP contribution in [0, 0.1) is 19.9 Å². The van der Waals surface area contributed by atoms with Crippen molar-refractivity contribution in [3.05, 3.63) is 64.7 Å². The number of nitrogens with one attached hydrogen (secondary N) is 3. The molecule has 0 aromatic heterocycles. The van der Waals surface area contributed by atoms with Crippen LogP contribution in [0.1, 0.15) is 52.4 Å². The van der Waals surface area contributed by atoms with Crippen LogP contribution in [0.3, 0.4) is 0 Å². The molecule has 2 amide bonds. The van der Waals surface area contributed by atoms with Gasteiger partial charge in [0.05, 0.1) is 13.0 Å². The minimum atomic E-state index is -1.03. The Labute approximate surface area is 218 Å². The molecule has 33 heavy (non-hydrogen) atoms. The van der Waals surface area contributed by atoms with E-state index >= 15 is 0 Å². The second kappa shape index (κ2) is 12.6. The number of benzene rings is 2. The zero-order chi connectivity index (χ0) is 23.1. The van der Waals surface area contributed by atoms with Crippen molar-refractivity contribution >= 4 is 29.3 Å². The summed E-state index contributed by atoms with van der Waals surface area (Å²) in [5.74, 6) is -1.00. The Bertz CT molecular complexity index is 1050. The van der Waals surface area contributed by atoms with Crippen LogP contribution in [0.15, 0.2) is 41.4 Å². The third kappa shape index (κ3) is 8.05. The molecule has 1 aliphatic heterocycles. The molecule has 1 atom stereocenters. The summed E-state index contributed by atoms with van der Waals surface area (Å²) in [6.45, 7) is 4.23. The fraction of sp³-hybridized carbons (Fsp3) is 0.333. The number of hydrogen-bond donors (Lipinski definition) is 4. The molecule has 0 unspecified atom stereocenters. The number of carbonyl (C=O) groups excluding carboxylic acids is 2. The number of hydrogen-bond acceptors (Lipinski definition) is 5. The topological polar surface area (TPSA) is 120 Å².